The molecule has 0 aliphatic rings. The molecular formula is C18H20N2O3S2. The largest absolute Gasteiger partial charge is 0.356 e. The van der Waals surface area contributed by atoms with Gasteiger partial charge in [0.05, 0.1) is 11.3 Å². The number of aromatic nitrogens is 1. The number of sulfonamides is 1. The molecule has 1 aromatic carbocycles. The van der Waals surface area contributed by atoms with Crippen LogP contribution < -0.4 is 4.72 Å². The molecule has 5 nitrogen and oxygen atoms in total. The quantitative estimate of drug-likeness (QED) is 0.713. The van der Waals surface area contributed by atoms with Crippen molar-refractivity contribution in [3.8, 4) is 11.3 Å². The van der Waals surface area contributed by atoms with E-state index in [-0.39, 0.29) is 4.90 Å². The Morgan fingerprint density at radius 3 is 2.20 bits per heavy atom. The van der Waals surface area contributed by atoms with Gasteiger partial charge in [0.25, 0.3) is 10.0 Å². The fraction of sp³-hybridized carbons (Fsp3) is 0.278. The number of hydrogen-bond donors (Lipinski definition) is 1. The standard InChI is InChI=1S/C18H20N2O3S2/c1-10-6-8-15(9-7-10)20-25(21,22)18-14(5)24-13(4)16(18)17-11(2)12(3)19-23-17/h6-9,20H,1-5H3. The van der Waals surface area contributed by atoms with Crippen molar-refractivity contribution in [3.63, 3.8) is 0 Å². The summed E-state index contributed by atoms with van der Waals surface area (Å²) in [4.78, 5) is 1.87. The van der Waals surface area contributed by atoms with Gasteiger partial charge in [-0.3, -0.25) is 4.72 Å². The highest BCUT2D eigenvalue weighted by Crippen LogP contribution is 2.41. The summed E-state index contributed by atoms with van der Waals surface area (Å²) in [6.07, 6.45) is 0. The van der Waals surface area contributed by atoms with E-state index in [1.807, 2.05) is 46.8 Å². The van der Waals surface area contributed by atoms with Crippen molar-refractivity contribution in [3.05, 3.63) is 50.8 Å². The van der Waals surface area contributed by atoms with Crippen molar-refractivity contribution < 1.29 is 12.9 Å². The van der Waals surface area contributed by atoms with E-state index in [2.05, 4.69) is 9.88 Å². The topological polar surface area (TPSA) is 72.2 Å². The molecule has 0 fully saturated rings. The lowest BCUT2D eigenvalue weighted by molar-refractivity contribution is 0.426. The zero-order valence-corrected chi connectivity index (χ0v) is 16.4. The molecule has 0 radical (unpaired) electrons. The molecule has 0 aliphatic carbocycles. The third-order valence-corrected chi connectivity index (χ3v) is 6.86. The maximum atomic E-state index is 13.1. The molecule has 7 heteroatoms. The highest BCUT2D eigenvalue weighted by molar-refractivity contribution is 7.93. The van der Waals surface area contributed by atoms with E-state index in [4.69, 9.17) is 4.52 Å². The average molecular weight is 377 g/mol. The Hall–Kier alpha value is -2.12. The third-order valence-electron chi connectivity index (χ3n) is 4.16. The van der Waals surface area contributed by atoms with Crippen LogP contribution in [0.25, 0.3) is 11.3 Å². The summed E-state index contributed by atoms with van der Waals surface area (Å²) in [6.45, 7) is 9.39. The lowest BCUT2D eigenvalue weighted by atomic mass is 10.1. The van der Waals surface area contributed by atoms with Crippen LogP contribution in [0.2, 0.25) is 0 Å². The molecule has 132 valence electrons. The summed E-state index contributed by atoms with van der Waals surface area (Å²) in [5.74, 6) is 0.517. The number of aryl methyl sites for hydroxylation is 4. The molecule has 0 unspecified atom stereocenters. The van der Waals surface area contributed by atoms with E-state index in [1.54, 1.807) is 12.1 Å². The highest BCUT2D eigenvalue weighted by Gasteiger charge is 2.29. The van der Waals surface area contributed by atoms with Crippen LogP contribution in [0.15, 0.2) is 33.7 Å². The average Bonchev–Trinajstić information content (AvgIpc) is 3.01. The summed E-state index contributed by atoms with van der Waals surface area (Å²) in [7, 11) is -3.75. The predicted octanol–water partition coefficient (Wildman–Crippen LogP) is 4.75. The molecule has 0 spiro atoms. The second-order valence-corrected chi connectivity index (χ2v) is 9.16. The molecule has 0 saturated heterocycles. The normalized spacial score (nSPS) is 11.7. The van der Waals surface area contributed by atoms with Gasteiger partial charge < -0.3 is 4.52 Å². The van der Waals surface area contributed by atoms with E-state index in [0.29, 0.717) is 17.0 Å². The van der Waals surface area contributed by atoms with Crippen molar-refractivity contribution in [1.29, 1.82) is 0 Å². The Morgan fingerprint density at radius 2 is 1.64 bits per heavy atom. The van der Waals surface area contributed by atoms with Gasteiger partial charge in [-0.15, -0.1) is 11.3 Å². The Balaban J connectivity index is 2.13. The van der Waals surface area contributed by atoms with Gasteiger partial charge in [-0.25, -0.2) is 8.42 Å². The Morgan fingerprint density at radius 1 is 1.00 bits per heavy atom. The fourth-order valence-electron chi connectivity index (χ4n) is 2.73. The van der Waals surface area contributed by atoms with E-state index >= 15 is 0 Å². The molecule has 3 aromatic rings. The van der Waals surface area contributed by atoms with Crippen LogP contribution in [0.3, 0.4) is 0 Å². The van der Waals surface area contributed by atoms with Crippen LogP contribution >= 0.6 is 11.3 Å². The van der Waals surface area contributed by atoms with Gasteiger partial charge >= 0.3 is 0 Å². The fourth-order valence-corrected chi connectivity index (χ4v) is 5.64. The minimum absolute atomic E-state index is 0.259. The molecule has 0 saturated carbocycles. The Bertz CT molecular complexity index is 1030. The zero-order valence-electron chi connectivity index (χ0n) is 14.8. The maximum Gasteiger partial charge on any atom is 0.263 e. The number of anilines is 1. The van der Waals surface area contributed by atoms with Crippen LogP contribution in [0.1, 0.15) is 26.6 Å². The first-order valence-corrected chi connectivity index (χ1v) is 10.1. The number of benzene rings is 1. The smallest absolute Gasteiger partial charge is 0.263 e. The van der Waals surface area contributed by atoms with Gasteiger partial charge in [0.2, 0.25) is 0 Å². The first-order valence-electron chi connectivity index (χ1n) is 7.83. The second-order valence-electron chi connectivity index (χ2n) is 6.11. The van der Waals surface area contributed by atoms with E-state index in [9.17, 15) is 8.42 Å². The monoisotopic (exact) mass is 376 g/mol. The molecular weight excluding hydrogens is 356 g/mol. The van der Waals surface area contributed by atoms with Crippen molar-refractivity contribution in [2.24, 2.45) is 0 Å². The number of thiophene rings is 1. The summed E-state index contributed by atoms with van der Waals surface area (Å²) >= 11 is 1.44. The third kappa shape index (κ3) is 3.21. The number of nitrogens with one attached hydrogen (secondary N) is 1. The minimum Gasteiger partial charge on any atom is -0.356 e. The van der Waals surface area contributed by atoms with Crippen molar-refractivity contribution >= 4 is 27.0 Å². The summed E-state index contributed by atoms with van der Waals surface area (Å²) < 4.78 is 34.2. The molecule has 3 rings (SSSR count). The molecule has 0 atom stereocenters. The van der Waals surface area contributed by atoms with Gasteiger partial charge in [-0.05, 0) is 46.8 Å². The van der Waals surface area contributed by atoms with E-state index in [1.165, 1.54) is 11.3 Å². The zero-order chi connectivity index (χ0) is 18.4. The van der Waals surface area contributed by atoms with Crippen molar-refractivity contribution in [1.82, 2.24) is 5.16 Å². The first kappa shape index (κ1) is 17.7. The van der Waals surface area contributed by atoms with Gasteiger partial charge in [-0.1, -0.05) is 22.9 Å². The van der Waals surface area contributed by atoms with E-state index < -0.39 is 10.0 Å². The summed E-state index contributed by atoms with van der Waals surface area (Å²) in [5.41, 5.74) is 3.81. The molecule has 2 heterocycles. The SMILES string of the molecule is Cc1ccc(NS(=O)(=O)c2c(C)sc(C)c2-c2onc(C)c2C)cc1. The molecule has 25 heavy (non-hydrogen) atoms. The van der Waals surface area contributed by atoms with Gasteiger partial charge in [-0.2, -0.15) is 0 Å². The van der Waals surface area contributed by atoms with Crippen LogP contribution in [0, 0.1) is 34.6 Å². The van der Waals surface area contributed by atoms with Crippen LogP contribution in [-0.2, 0) is 10.0 Å². The number of nitrogens with zero attached hydrogens (tertiary/aromatic N) is 1. The molecule has 1 N–H and O–H groups in total. The Labute approximate surface area is 151 Å². The van der Waals surface area contributed by atoms with Crippen LogP contribution in [-0.4, -0.2) is 13.6 Å². The summed E-state index contributed by atoms with van der Waals surface area (Å²) in [5, 5.41) is 3.97. The summed E-state index contributed by atoms with van der Waals surface area (Å²) in [6, 6.07) is 7.25. The lowest BCUT2D eigenvalue weighted by Crippen LogP contribution is -2.14. The van der Waals surface area contributed by atoms with Gasteiger partial charge in [0.15, 0.2) is 5.76 Å². The number of rotatable bonds is 4. The van der Waals surface area contributed by atoms with Crippen LogP contribution in [0.5, 0.6) is 0 Å². The molecule has 0 bridgehead atoms. The number of hydrogen-bond acceptors (Lipinski definition) is 5. The van der Waals surface area contributed by atoms with Crippen LogP contribution in [0.4, 0.5) is 5.69 Å². The lowest BCUT2D eigenvalue weighted by Gasteiger charge is -2.10. The molecule has 0 aliphatic heterocycles. The Kier molecular flexibility index (Phi) is 4.47. The van der Waals surface area contributed by atoms with Crippen molar-refractivity contribution in [2.45, 2.75) is 39.5 Å². The molecule has 0 amide bonds. The van der Waals surface area contributed by atoms with E-state index in [0.717, 1.165) is 26.6 Å². The van der Waals surface area contributed by atoms with Gasteiger partial charge in [0.1, 0.15) is 4.90 Å². The van der Waals surface area contributed by atoms with Crippen molar-refractivity contribution in [2.75, 3.05) is 4.72 Å². The first-order chi connectivity index (χ1) is 11.7. The predicted molar refractivity (Wildman–Crippen MR) is 101 cm³/mol. The highest BCUT2D eigenvalue weighted by atomic mass is 32.2. The van der Waals surface area contributed by atoms with Gasteiger partial charge in [0, 0.05) is 21.0 Å². The minimum atomic E-state index is -3.75. The molecule has 2 aromatic heterocycles. The second kappa shape index (κ2) is 6.31. The maximum absolute atomic E-state index is 13.1.